The predicted octanol–water partition coefficient (Wildman–Crippen LogP) is 8.33. The number of carboxylic acid groups (broad SMARTS) is 1. The Morgan fingerprint density at radius 2 is 1.55 bits per heavy atom. The summed E-state index contributed by atoms with van der Waals surface area (Å²) in [6, 6.07) is 5.86. The van der Waals surface area contributed by atoms with Gasteiger partial charge in [0.1, 0.15) is 17.9 Å². The van der Waals surface area contributed by atoms with Gasteiger partial charge in [-0.25, -0.2) is 14.6 Å². The van der Waals surface area contributed by atoms with Gasteiger partial charge in [0.05, 0.1) is 48.9 Å². The van der Waals surface area contributed by atoms with Crippen molar-refractivity contribution in [1.29, 1.82) is 5.26 Å². The van der Waals surface area contributed by atoms with Crippen molar-refractivity contribution in [2.24, 2.45) is 51.8 Å². The third-order valence-corrected chi connectivity index (χ3v) is 20.9. The molecule has 20 heteroatoms. The minimum atomic E-state index is -1.09. The van der Waals surface area contributed by atoms with Crippen LogP contribution in [0.1, 0.15) is 157 Å². The molecule has 0 bridgehead atoms. The van der Waals surface area contributed by atoms with E-state index in [1.165, 1.54) is 21.1 Å². The van der Waals surface area contributed by atoms with Crippen LogP contribution in [0, 0.1) is 63.1 Å². The third-order valence-electron chi connectivity index (χ3n) is 20.0. The van der Waals surface area contributed by atoms with Crippen molar-refractivity contribution in [2.75, 3.05) is 59.7 Å². The van der Waals surface area contributed by atoms with Gasteiger partial charge in [-0.3, -0.25) is 24.0 Å². The van der Waals surface area contributed by atoms with Gasteiger partial charge in [0.15, 0.2) is 16.6 Å². The Kier molecular flexibility index (Phi) is 22.0. The second kappa shape index (κ2) is 28.1. The molecule has 5 aliphatic rings. The molecule has 1 aromatic heterocycles. The van der Waals surface area contributed by atoms with E-state index < -0.39 is 23.5 Å². The van der Waals surface area contributed by atoms with Crippen LogP contribution in [-0.4, -0.2) is 149 Å². The number of benzene rings is 1. The van der Waals surface area contributed by atoms with E-state index in [9.17, 15) is 54.1 Å². The van der Waals surface area contributed by atoms with Crippen molar-refractivity contribution in [2.45, 2.75) is 170 Å². The lowest BCUT2D eigenvalue weighted by Gasteiger charge is -2.62. The van der Waals surface area contributed by atoms with Crippen LogP contribution in [0.2, 0.25) is 0 Å². The number of fused-ring (bicyclic) bond motifs is 6. The van der Waals surface area contributed by atoms with E-state index in [0.29, 0.717) is 82.0 Å². The fourth-order valence-corrected chi connectivity index (χ4v) is 15.9. The lowest BCUT2D eigenvalue weighted by atomic mass is 9.43. The minimum absolute atomic E-state index is 0.0559. The molecule has 83 heavy (non-hydrogen) atoms. The molecule has 0 saturated heterocycles. The van der Waals surface area contributed by atoms with Crippen LogP contribution in [0.25, 0.3) is 10.2 Å². The number of aliphatic hydroxyl groups is 2. The van der Waals surface area contributed by atoms with Crippen molar-refractivity contribution >= 4 is 62.9 Å². The number of unbranched alkanes of at least 4 members (excludes halogenated alkanes) is 1. The molecular weight excluding hydrogens is 1080 g/mol. The molecular formula is C63H90N6O13S. The van der Waals surface area contributed by atoms with Gasteiger partial charge in [0.25, 0.3) is 0 Å². The van der Waals surface area contributed by atoms with Crippen molar-refractivity contribution < 1.29 is 63.1 Å². The largest absolute Gasteiger partial charge is 0.480 e. The number of rotatable bonds is 27. The number of nitrogens with one attached hydrogen (secondary N) is 2. The molecule has 1 heterocycles. The van der Waals surface area contributed by atoms with Crippen LogP contribution >= 0.6 is 11.3 Å². The molecule has 4 saturated carbocycles. The Balaban J connectivity index is 0.776. The lowest BCUT2D eigenvalue weighted by Crippen LogP contribution is -2.58. The number of Topliss-reactive ketones (excluding diaryl/α,β-unsaturated/α-hetero) is 2. The summed E-state index contributed by atoms with van der Waals surface area (Å²) in [4.78, 5) is 98.6. The molecule has 456 valence electrons. The molecule has 0 radical (unpaired) electrons. The number of nitriles is 1. The monoisotopic (exact) mass is 1170 g/mol. The number of likely N-dealkylation sites (N-methyl/N-ethyl adjacent to an activating group) is 1. The summed E-state index contributed by atoms with van der Waals surface area (Å²) in [5, 5.41) is 47.2. The van der Waals surface area contributed by atoms with E-state index >= 15 is 0 Å². The van der Waals surface area contributed by atoms with Gasteiger partial charge in [-0.1, -0.05) is 34.6 Å². The van der Waals surface area contributed by atoms with Gasteiger partial charge >= 0.3 is 12.1 Å². The van der Waals surface area contributed by atoms with Crippen molar-refractivity contribution in [3.8, 4) is 11.8 Å². The van der Waals surface area contributed by atoms with E-state index in [-0.39, 0.29) is 147 Å². The normalized spacial score (nSPS) is 26.8. The maximum absolute atomic E-state index is 13.6. The maximum atomic E-state index is 13.6. The Hall–Kier alpha value is -5.59. The predicted molar refractivity (Wildman–Crippen MR) is 313 cm³/mol. The molecule has 4 amide bonds. The third kappa shape index (κ3) is 15.3. The van der Waals surface area contributed by atoms with E-state index in [1.54, 1.807) is 59.9 Å². The van der Waals surface area contributed by atoms with Crippen molar-refractivity contribution in [3.63, 3.8) is 0 Å². The maximum Gasteiger partial charge on any atom is 0.415 e. The Morgan fingerprint density at radius 3 is 2.28 bits per heavy atom. The van der Waals surface area contributed by atoms with Gasteiger partial charge < -0.3 is 50.0 Å². The molecule has 4 fully saturated rings. The van der Waals surface area contributed by atoms with E-state index in [4.69, 9.17) is 14.2 Å². The molecule has 0 aliphatic heterocycles. The number of amides is 4. The number of hydrogen-bond acceptors (Lipinski definition) is 15. The van der Waals surface area contributed by atoms with Gasteiger partial charge in [0, 0.05) is 86.3 Å². The van der Waals surface area contributed by atoms with E-state index in [1.807, 2.05) is 6.07 Å². The van der Waals surface area contributed by atoms with Crippen LogP contribution in [0.15, 0.2) is 40.5 Å². The summed E-state index contributed by atoms with van der Waals surface area (Å²) in [6.45, 7) is 16.6. The molecule has 1 unspecified atom stereocenters. The number of carbonyl (C=O) groups excluding carboxylic acids is 6. The average Bonchev–Trinajstić information content (AvgIpc) is 4.28. The fourth-order valence-electron chi connectivity index (χ4n) is 15.1. The quantitative estimate of drug-likeness (QED) is 0.0415. The van der Waals surface area contributed by atoms with Crippen LogP contribution in [0.5, 0.6) is 5.75 Å². The van der Waals surface area contributed by atoms with Gasteiger partial charge in [-0.05, 0) is 156 Å². The number of allylic oxidation sites excluding steroid dienone is 4. The number of nitrogens with zero attached hydrogens (tertiary/aromatic N) is 4. The molecule has 7 rings (SSSR count). The zero-order chi connectivity index (χ0) is 60.6. The van der Waals surface area contributed by atoms with Gasteiger partial charge in [-0.2, -0.15) is 5.26 Å². The smallest absolute Gasteiger partial charge is 0.415 e. The van der Waals surface area contributed by atoms with Crippen molar-refractivity contribution in [1.82, 2.24) is 25.4 Å². The average molecular weight is 1170 g/mol. The van der Waals surface area contributed by atoms with Crippen LogP contribution < -0.4 is 15.4 Å². The van der Waals surface area contributed by atoms with Crippen LogP contribution in [0.4, 0.5) is 4.79 Å². The van der Waals surface area contributed by atoms with Gasteiger partial charge in [0.2, 0.25) is 17.7 Å². The fraction of sp³-hybridized carbons (Fsp3) is 0.698. The molecule has 0 spiro atoms. The topological polar surface area (TPSA) is 275 Å². The first-order valence-corrected chi connectivity index (χ1v) is 30.9. The highest BCUT2D eigenvalue weighted by Gasteiger charge is 2.63. The van der Waals surface area contributed by atoms with Crippen LogP contribution in [0.3, 0.4) is 0 Å². The number of carboxylic acids is 1. The Labute approximate surface area is 493 Å². The Bertz CT molecular complexity index is 2840. The summed E-state index contributed by atoms with van der Waals surface area (Å²) in [6.07, 6.45) is 8.71. The second-order valence-corrected chi connectivity index (χ2v) is 26.7. The standard InChI is InChI=1S/C63H90N6O13S/c1-37(44-15-16-45-55-46(20-23-63(44,45)8)62(7)22-19-42(70)32-41(62)33-49(55)71)13-18-52(73)66-48(59(77)78)12-10-11-24-65-51(72)21-28-80-30-31-81-29-27-69(60(79)82-43-14-17-47-50(34-43)83-53(36-64)67-47)26-25-68(9)54(74)35-61(5,6)56-40(4)57(75)38(2)39(3)58(56)76/h14,17,34,37,41-42,44-46,48-49,55,70-71H,10-13,15-16,18-33,35H2,1-9H3,(H,65,72)(H,66,73)(H,77,78)/t37-,41+,42-,44-,45+,46+,48?,49+,55+,62+,63-/m1/s1. The molecule has 11 atom stereocenters. The van der Waals surface area contributed by atoms with Crippen molar-refractivity contribution in [3.05, 3.63) is 45.5 Å². The second-order valence-electron chi connectivity index (χ2n) is 25.6. The number of ketones is 2. The summed E-state index contributed by atoms with van der Waals surface area (Å²) in [5.74, 6) is 0.163. The SMILES string of the molecule is CC1=C(C)C(=O)C(C(C)(C)CC(=O)N(C)CCN(CCOCCOCCC(=O)NCCCCC(NC(=O)CC[C@@H](C)[C@H]2CC[C@H]3[C@@H]4[C@@H](O)C[C@@H]5C[C@H](O)CC[C@]5(C)[C@H]4CC[C@]23C)C(=O)O)C(=O)Oc2ccc3nc(C#N)sc3c2)=C(C)C1=O. The summed E-state index contributed by atoms with van der Waals surface area (Å²) < 4.78 is 17.8. The first-order chi connectivity index (χ1) is 39.3. The number of aromatic nitrogens is 1. The molecule has 5 N–H and O–H groups in total. The summed E-state index contributed by atoms with van der Waals surface area (Å²) in [5.41, 5.74) is 1.32. The van der Waals surface area contributed by atoms with E-state index in [0.717, 1.165) is 51.4 Å². The number of thiazole rings is 1. The number of hydrogen-bond donors (Lipinski definition) is 5. The van der Waals surface area contributed by atoms with E-state index in [2.05, 4.69) is 36.4 Å². The zero-order valence-electron chi connectivity index (χ0n) is 50.3. The molecule has 2 aromatic rings. The minimum Gasteiger partial charge on any atom is -0.480 e. The summed E-state index contributed by atoms with van der Waals surface area (Å²) in [7, 11) is 1.60. The first kappa shape index (κ1) is 65.0. The molecule has 19 nitrogen and oxygen atoms in total. The van der Waals surface area contributed by atoms with Crippen LogP contribution in [-0.2, 0) is 38.2 Å². The highest BCUT2D eigenvalue weighted by Crippen LogP contribution is 2.68. The zero-order valence-corrected chi connectivity index (χ0v) is 51.1. The van der Waals surface area contributed by atoms with Gasteiger partial charge in [-0.15, -0.1) is 11.3 Å². The number of carbonyl (C=O) groups is 7. The Morgan fingerprint density at radius 1 is 0.855 bits per heavy atom. The highest BCUT2D eigenvalue weighted by molar-refractivity contribution is 7.19. The molecule has 1 aromatic carbocycles. The highest BCUT2D eigenvalue weighted by atomic mass is 32.1. The number of aliphatic hydroxyl groups excluding tert-OH is 2. The number of aliphatic carboxylic acids is 1. The lowest BCUT2D eigenvalue weighted by molar-refractivity contribution is -0.174. The first-order valence-electron chi connectivity index (χ1n) is 30.1. The number of ether oxygens (including phenoxy) is 3. The summed E-state index contributed by atoms with van der Waals surface area (Å²) >= 11 is 1.17. The molecule has 5 aliphatic carbocycles.